The van der Waals surface area contributed by atoms with Crippen molar-refractivity contribution in [1.82, 2.24) is 29.7 Å². The SMILES string of the molecule is C[C@H](c1ccc(-n2cncn2)cc1)N(C)c1nc(-c2cccnc2)nc2ccccc12. The molecule has 0 saturated heterocycles. The Balaban J connectivity index is 1.53. The highest BCUT2D eigenvalue weighted by atomic mass is 15.3. The van der Waals surface area contributed by atoms with E-state index in [1.54, 1.807) is 23.4 Å². The van der Waals surface area contributed by atoms with Crippen LogP contribution in [0.3, 0.4) is 0 Å². The molecule has 0 N–H and O–H groups in total. The molecule has 3 aromatic heterocycles. The first kappa shape index (κ1) is 18.9. The summed E-state index contributed by atoms with van der Waals surface area (Å²) in [7, 11) is 2.07. The molecule has 0 amide bonds. The van der Waals surface area contributed by atoms with Crippen LogP contribution >= 0.6 is 0 Å². The second-order valence-electron chi connectivity index (χ2n) is 7.35. The number of nitrogens with zero attached hydrogens (tertiary/aromatic N) is 7. The van der Waals surface area contributed by atoms with Gasteiger partial charge in [0.25, 0.3) is 0 Å². The molecular formula is C24H21N7. The second kappa shape index (κ2) is 7.95. The summed E-state index contributed by atoms with van der Waals surface area (Å²) in [5, 5.41) is 5.21. The molecule has 31 heavy (non-hydrogen) atoms. The fraction of sp³-hybridized carbons (Fsp3) is 0.125. The fourth-order valence-electron chi connectivity index (χ4n) is 3.61. The van der Waals surface area contributed by atoms with Gasteiger partial charge in [0.15, 0.2) is 5.82 Å². The van der Waals surface area contributed by atoms with Gasteiger partial charge in [-0.15, -0.1) is 0 Å². The molecule has 0 aliphatic heterocycles. The number of fused-ring (bicyclic) bond motifs is 1. The standard InChI is InChI=1S/C24H21N7/c1-17(18-9-11-20(12-10-18)31-16-26-15-27-31)30(2)24-21-7-3-4-8-22(21)28-23(29-24)19-6-5-13-25-14-19/h3-17H,1-2H3/t17-/m1/s1. The van der Waals surface area contributed by atoms with E-state index in [0.29, 0.717) is 5.82 Å². The van der Waals surface area contributed by atoms with Gasteiger partial charge in [-0.3, -0.25) is 4.98 Å². The van der Waals surface area contributed by atoms with Gasteiger partial charge in [-0.1, -0.05) is 24.3 Å². The lowest BCUT2D eigenvalue weighted by Crippen LogP contribution is -2.23. The molecular weight excluding hydrogens is 386 g/mol. The summed E-state index contributed by atoms with van der Waals surface area (Å²) >= 11 is 0. The maximum atomic E-state index is 4.93. The highest BCUT2D eigenvalue weighted by Crippen LogP contribution is 2.31. The largest absolute Gasteiger partial charge is 0.352 e. The van der Waals surface area contributed by atoms with Gasteiger partial charge < -0.3 is 4.90 Å². The average molecular weight is 407 g/mol. The molecule has 7 nitrogen and oxygen atoms in total. The minimum absolute atomic E-state index is 0.102. The Bertz CT molecular complexity index is 1300. The first-order chi connectivity index (χ1) is 15.2. The van der Waals surface area contributed by atoms with E-state index in [2.05, 4.69) is 52.1 Å². The summed E-state index contributed by atoms with van der Waals surface area (Å²) in [6, 6.07) is 20.4. The van der Waals surface area contributed by atoms with E-state index in [-0.39, 0.29) is 6.04 Å². The smallest absolute Gasteiger partial charge is 0.163 e. The van der Waals surface area contributed by atoms with Crippen molar-refractivity contribution >= 4 is 16.7 Å². The van der Waals surface area contributed by atoms with E-state index in [1.807, 2.05) is 42.5 Å². The summed E-state index contributed by atoms with van der Waals surface area (Å²) in [4.78, 5) is 20.1. The van der Waals surface area contributed by atoms with Gasteiger partial charge in [0.2, 0.25) is 0 Å². The summed E-state index contributed by atoms with van der Waals surface area (Å²) in [6.07, 6.45) is 6.77. The van der Waals surface area contributed by atoms with E-state index in [4.69, 9.17) is 9.97 Å². The van der Waals surface area contributed by atoms with Gasteiger partial charge in [-0.25, -0.2) is 19.6 Å². The van der Waals surface area contributed by atoms with Crippen molar-refractivity contribution in [3.63, 3.8) is 0 Å². The minimum Gasteiger partial charge on any atom is -0.352 e. The highest BCUT2D eigenvalue weighted by molar-refractivity contribution is 5.91. The van der Waals surface area contributed by atoms with E-state index in [1.165, 1.54) is 11.9 Å². The number of pyridine rings is 1. The monoisotopic (exact) mass is 407 g/mol. The van der Waals surface area contributed by atoms with Crippen LogP contribution in [0.1, 0.15) is 18.5 Å². The lowest BCUT2D eigenvalue weighted by molar-refractivity contribution is 0.730. The van der Waals surface area contributed by atoms with Crippen LogP contribution < -0.4 is 4.90 Å². The predicted octanol–water partition coefficient (Wildman–Crippen LogP) is 4.47. The van der Waals surface area contributed by atoms with Crippen LogP contribution in [0.25, 0.3) is 28.0 Å². The van der Waals surface area contributed by atoms with Crippen molar-refractivity contribution in [1.29, 1.82) is 0 Å². The molecule has 0 spiro atoms. The van der Waals surface area contributed by atoms with Crippen LogP contribution in [0.15, 0.2) is 85.7 Å². The van der Waals surface area contributed by atoms with Crippen LogP contribution in [-0.2, 0) is 0 Å². The zero-order valence-electron chi connectivity index (χ0n) is 17.3. The molecule has 5 rings (SSSR count). The summed E-state index contributed by atoms with van der Waals surface area (Å²) < 4.78 is 1.75. The fourth-order valence-corrected chi connectivity index (χ4v) is 3.61. The van der Waals surface area contributed by atoms with Gasteiger partial charge in [0, 0.05) is 30.4 Å². The molecule has 0 fully saturated rings. The van der Waals surface area contributed by atoms with Crippen molar-refractivity contribution in [2.45, 2.75) is 13.0 Å². The number of hydrogen-bond acceptors (Lipinski definition) is 6. The molecule has 1 atom stereocenters. The van der Waals surface area contributed by atoms with Gasteiger partial charge in [0.1, 0.15) is 18.5 Å². The first-order valence-electron chi connectivity index (χ1n) is 10.1. The van der Waals surface area contributed by atoms with Crippen molar-refractivity contribution in [2.24, 2.45) is 0 Å². The highest BCUT2D eigenvalue weighted by Gasteiger charge is 2.18. The molecule has 0 aliphatic carbocycles. The Kier molecular flexibility index (Phi) is 4.84. The Labute approximate surface area is 180 Å². The molecule has 0 radical (unpaired) electrons. The summed E-state index contributed by atoms with van der Waals surface area (Å²) in [5.74, 6) is 1.56. The normalized spacial score (nSPS) is 12.1. The van der Waals surface area contributed by atoms with Crippen molar-refractivity contribution in [2.75, 3.05) is 11.9 Å². The zero-order chi connectivity index (χ0) is 21.2. The number of rotatable bonds is 5. The van der Waals surface area contributed by atoms with Crippen LogP contribution in [0.5, 0.6) is 0 Å². The minimum atomic E-state index is 0.102. The van der Waals surface area contributed by atoms with Gasteiger partial charge in [-0.2, -0.15) is 5.10 Å². The van der Waals surface area contributed by atoms with Gasteiger partial charge in [0.05, 0.1) is 17.2 Å². The van der Waals surface area contributed by atoms with Crippen LogP contribution in [-0.4, -0.2) is 36.8 Å². The Morgan fingerprint density at radius 3 is 2.48 bits per heavy atom. The lowest BCUT2D eigenvalue weighted by Gasteiger charge is -2.28. The quantitative estimate of drug-likeness (QED) is 0.428. The van der Waals surface area contributed by atoms with Crippen molar-refractivity contribution in [3.8, 4) is 17.1 Å². The van der Waals surface area contributed by atoms with Gasteiger partial charge >= 0.3 is 0 Å². The maximum absolute atomic E-state index is 4.93. The third-order valence-corrected chi connectivity index (χ3v) is 5.48. The third kappa shape index (κ3) is 3.61. The van der Waals surface area contributed by atoms with E-state index in [0.717, 1.165) is 28.0 Å². The Morgan fingerprint density at radius 2 is 1.74 bits per heavy atom. The second-order valence-corrected chi connectivity index (χ2v) is 7.35. The molecule has 0 bridgehead atoms. The van der Waals surface area contributed by atoms with E-state index in [9.17, 15) is 0 Å². The number of para-hydroxylation sites is 1. The molecule has 3 heterocycles. The molecule has 0 unspecified atom stereocenters. The third-order valence-electron chi connectivity index (χ3n) is 5.48. The maximum Gasteiger partial charge on any atom is 0.163 e. The Hall–Kier alpha value is -4.13. The number of anilines is 1. The van der Waals surface area contributed by atoms with Crippen LogP contribution in [0.4, 0.5) is 5.82 Å². The van der Waals surface area contributed by atoms with E-state index < -0.39 is 0 Å². The lowest BCUT2D eigenvalue weighted by atomic mass is 10.1. The summed E-state index contributed by atoms with van der Waals surface area (Å²) in [6.45, 7) is 2.17. The number of benzene rings is 2. The molecule has 5 aromatic rings. The molecule has 0 saturated carbocycles. The summed E-state index contributed by atoms with van der Waals surface area (Å²) in [5.41, 5.74) is 3.96. The predicted molar refractivity (Wildman–Crippen MR) is 121 cm³/mol. The molecule has 7 heteroatoms. The molecule has 152 valence electrons. The van der Waals surface area contributed by atoms with Crippen LogP contribution in [0.2, 0.25) is 0 Å². The molecule has 0 aliphatic rings. The van der Waals surface area contributed by atoms with Crippen molar-refractivity contribution in [3.05, 3.63) is 91.3 Å². The average Bonchev–Trinajstić information content (AvgIpc) is 3.38. The van der Waals surface area contributed by atoms with Gasteiger partial charge in [-0.05, 0) is 48.9 Å². The molecule has 2 aromatic carbocycles. The van der Waals surface area contributed by atoms with E-state index >= 15 is 0 Å². The number of aromatic nitrogens is 6. The Morgan fingerprint density at radius 1 is 0.903 bits per heavy atom. The topological polar surface area (TPSA) is 72.6 Å². The van der Waals surface area contributed by atoms with Crippen molar-refractivity contribution < 1.29 is 0 Å². The zero-order valence-corrected chi connectivity index (χ0v) is 17.3. The first-order valence-corrected chi connectivity index (χ1v) is 10.1. The number of hydrogen-bond donors (Lipinski definition) is 0. The van der Waals surface area contributed by atoms with Crippen LogP contribution in [0, 0.1) is 0 Å².